The Bertz CT molecular complexity index is 122. The molecule has 2 N–H and O–H groups in total. The van der Waals surface area contributed by atoms with Crippen molar-refractivity contribution in [2.45, 2.75) is 56.7 Å². The van der Waals surface area contributed by atoms with Crippen LogP contribution in [0, 0.1) is 0 Å². The first-order chi connectivity index (χ1) is 5.58. The van der Waals surface area contributed by atoms with Gasteiger partial charge in [0, 0.05) is 16.5 Å². The molecule has 0 aromatic carbocycles. The highest BCUT2D eigenvalue weighted by atomic mass is 32.2. The van der Waals surface area contributed by atoms with Crippen LogP contribution in [0.5, 0.6) is 0 Å². The lowest BCUT2D eigenvalue weighted by atomic mass is 10.0. The first kappa shape index (κ1) is 10.4. The fraction of sp³-hybridized carbons (Fsp3) is 1.00. The van der Waals surface area contributed by atoms with Gasteiger partial charge in [-0.2, -0.15) is 11.8 Å². The molecule has 0 spiro atoms. The topological polar surface area (TPSA) is 26.0 Å². The third-order valence-electron chi connectivity index (χ3n) is 2.24. The van der Waals surface area contributed by atoms with Crippen molar-refractivity contribution < 1.29 is 0 Å². The van der Waals surface area contributed by atoms with Crippen LogP contribution in [0.2, 0.25) is 0 Å². The van der Waals surface area contributed by atoms with Gasteiger partial charge in [-0.05, 0) is 26.7 Å². The summed E-state index contributed by atoms with van der Waals surface area (Å²) in [6.07, 6.45) is 7.15. The Morgan fingerprint density at radius 3 is 2.33 bits per heavy atom. The molecular weight excluding hydrogens is 166 g/mol. The van der Waals surface area contributed by atoms with Crippen LogP contribution in [-0.2, 0) is 0 Å². The predicted octanol–water partition coefficient (Wildman–Crippen LogP) is 2.79. The predicted molar refractivity (Wildman–Crippen MR) is 57.6 cm³/mol. The molecule has 1 aliphatic carbocycles. The van der Waals surface area contributed by atoms with E-state index in [1.54, 1.807) is 0 Å². The molecule has 2 heteroatoms. The molecule has 1 rings (SSSR count). The lowest BCUT2D eigenvalue weighted by Crippen LogP contribution is -2.35. The monoisotopic (exact) mass is 187 g/mol. The largest absolute Gasteiger partial charge is 0.325 e. The van der Waals surface area contributed by atoms with Crippen LogP contribution in [-0.4, -0.2) is 16.5 Å². The minimum Gasteiger partial charge on any atom is -0.325 e. The van der Waals surface area contributed by atoms with E-state index < -0.39 is 0 Å². The smallest absolute Gasteiger partial charge is 0.0188 e. The first-order valence-electron chi connectivity index (χ1n) is 4.98. The second kappa shape index (κ2) is 4.52. The number of hydrogen-bond donors (Lipinski definition) is 1. The average molecular weight is 187 g/mol. The zero-order valence-corrected chi connectivity index (χ0v) is 9.12. The molecular formula is C10H21NS. The van der Waals surface area contributed by atoms with E-state index in [-0.39, 0.29) is 5.54 Å². The number of nitrogens with two attached hydrogens (primary N) is 1. The molecule has 0 unspecified atom stereocenters. The molecule has 1 aliphatic rings. The summed E-state index contributed by atoms with van der Waals surface area (Å²) in [6.45, 7) is 4.23. The number of hydrogen-bond acceptors (Lipinski definition) is 2. The molecule has 1 fully saturated rings. The summed E-state index contributed by atoms with van der Waals surface area (Å²) in [5.74, 6) is 1.11. The lowest BCUT2D eigenvalue weighted by Gasteiger charge is -2.25. The van der Waals surface area contributed by atoms with Crippen molar-refractivity contribution in [3.05, 3.63) is 0 Å². The Morgan fingerprint density at radius 1 is 1.25 bits per heavy atom. The maximum atomic E-state index is 5.93. The average Bonchev–Trinajstić information content (AvgIpc) is 2.02. The van der Waals surface area contributed by atoms with Crippen molar-refractivity contribution in [2.24, 2.45) is 5.73 Å². The molecule has 0 aliphatic heterocycles. The molecule has 0 radical (unpaired) electrons. The number of thioether (sulfide) groups is 1. The summed E-state index contributed by atoms with van der Waals surface area (Å²) in [5.41, 5.74) is 5.95. The van der Waals surface area contributed by atoms with Crippen LogP contribution in [0.1, 0.15) is 46.0 Å². The van der Waals surface area contributed by atoms with E-state index in [0.717, 1.165) is 11.0 Å². The van der Waals surface area contributed by atoms with E-state index >= 15 is 0 Å². The van der Waals surface area contributed by atoms with Gasteiger partial charge in [-0.25, -0.2) is 0 Å². The SMILES string of the molecule is CC(C)(N)CSC1CCCCC1. The van der Waals surface area contributed by atoms with Crippen molar-refractivity contribution in [3.63, 3.8) is 0 Å². The maximum absolute atomic E-state index is 5.93. The molecule has 0 heterocycles. The highest BCUT2D eigenvalue weighted by molar-refractivity contribution is 7.99. The van der Waals surface area contributed by atoms with Gasteiger partial charge in [0.15, 0.2) is 0 Å². The second-order valence-corrected chi connectivity index (χ2v) is 5.85. The van der Waals surface area contributed by atoms with Crippen LogP contribution < -0.4 is 5.73 Å². The van der Waals surface area contributed by atoms with Gasteiger partial charge in [0.1, 0.15) is 0 Å². The Hall–Kier alpha value is 0.310. The van der Waals surface area contributed by atoms with Crippen molar-refractivity contribution in [3.8, 4) is 0 Å². The fourth-order valence-electron chi connectivity index (χ4n) is 1.56. The van der Waals surface area contributed by atoms with Crippen LogP contribution in [0.4, 0.5) is 0 Å². The van der Waals surface area contributed by atoms with Crippen LogP contribution in [0.25, 0.3) is 0 Å². The fourth-order valence-corrected chi connectivity index (χ4v) is 2.90. The summed E-state index contributed by atoms with van der Waals surface area (Å²) in [6, 6.07) is 0. The molecule has 1 nitrogen and oxygen atoms in total. The summed E-state index contributed by atoms with van der Waals surface area (Å²) < 4.78 is 0. The summed E-state index contributed by atoms with van der Waals surface area (Å²) in [5, 5.41) is 0.904. The van der Waals surface area contributed by atoms with E-state index in [9.17, 15) is 0 Å². The number of rotatable bonds is 3. The first-order valence-corrected chi connectivity index (χ1v) is 6.03. The van der Waals surface area contributed by atoms with Crippen molar-refractivity contribution >= 4 is 11.8 Å². The van der Waals surface area contributed by atoms with Gasteiger partial charge >= 0.3 is 0 Å². The highest BCUT2D eigenvalue weighted by Gasteiger charge is 2.17. The van der Waals surface area contributed by atoms with E-state index in [0.29, 0.717) is 0 Å². The highest BCUT2D eigenvalue weighted by Crippen LogP contribution is 2.29. The molecule has 12 heavy (non-hydrogen) atoms. The summed E-state index contributed by atoms with van der Waals surface area (Å²) >= 11 is 2.08. The zero-order valence-electron chi connectivity index (χ0n) is 8.31. The molecule has 1 saturated carbocycles. The van der Waals surface area contributed by atoms with Gasteiger partial charge in [-0.15, -0.1) is 0 Å². The molecule has 0 bridgehead atoms. The lowest BCUT2D eigenvalue weighted by molar-refractivity contribution is 0.512. The third-order valence-corrected chi connectivity index (χ3v) is 4.10. The Morgan fingerprint density at radius 2 is 1.83 bits per heavy atom. The minimum absolute atomic E-state index is 0.0160. The molecule has 72 valence electrons. The van der Waals surface area contributed by atoms with E-state index in [4.69, 9.17) is 5.73 Å². The Balaban J connectivity index is 2.13. The van der Waals surface area contributed by atoms with Gasteiger partial charge < -0.3 is 5.73 Å². The summed E-state index contributed by atoms with van der Waals surface area (Å²) in [4.78, 5) is 0. The van der Waals surface area contributed by atoms with Gasteiger partial charge in [0.05, 0.1) is 0 Å². The Kier molecular flexibility index (Phi) is 3.91. The summed E-state index contributed by atoms with van der Waals surface area (Å²) in [7, 11) is 0. The molecule has 0 atom stereocenters. The van der Waals surface area contributed by atoms with Crippen LogP contribution >= 0.6 is 11.8 Å². The standard InChI is InChI=1S/C10H21NS/c1-10(2,11)8-12-9-6-4-3-5-7-9/h9H,3-8,11H2,1-2H3. The zero-order chi connectivity index (χ0) is 9.03. The quantitative estimate of drug-likeness (QED) is 0.735. The van der Waals surface area contributed by atoms with Gasteiger partial charge in [-0.3, -0.25) is 0 Å². The maximum Gasteiger partial charge on any atom is 0.0188 e. The van der Waals surface area contributed by atoms with Gasteiger partial charge in [-0.1, -0.05) is 19.3 Å². The van der Waals surface area contributed by atoms with E-state index in [1.807, 2.05) is 0 Å². The second-order valence-electron chi connectivity index (χ2n) is 4.56. The molecule has 0 aromatic rings. The van der Waals surface area contributed by atoms with Crippen molar-refractivity contribution in [1.82, 2.24) is 0 Å². The minimum atomic E-state index is 0.0160. The molecule has 0 amide bonds. The molecule has 0 saturated heterocycles. The van der Waals surface area contributed by atoms with Crippen LogP contribution in [0.15, 0.2) is 0 Å². The van der Waals surface area contributed by atoms with E-state index in [1.165, 1.54) is 32.1 Å². The van der Waals surface area contributed by atoms with Gasteiger partial charge in [0.25, 0.3) is 0 Å². The van der Waals surface area contributed by atoms with Crippen LogP contribution in [0.3, 0.4) is 0 Å². The third kappa shape index (κ3) is 4.36. The normalized spacial score (nSPS) is 21.2. The van der Waals surface area contributed by atoms with Crippen molar-refractivity contribution in [1.29, 1.82) is 0 Å². The van der Waals surface area contributed by atoms with Gasteiger partial charge in [0.2, 0.25) is 0 Å². The Labute approximate surface area is 80.5 Å². The van der Waals surface area contributed by atoms with Crippen molar-refractivity contribution in [2.75, 3.05) is 5.75 Å². The van der Waals surface area contributed by atoms with E-state index in [2.05, 4.69) is 25.6 Å². The molecule has 0 aromatic heterocycles.